The average molecular weight is 585 g/mol. The lowest BCUT2D eigenvalue weighted by Gasteiger charge is -2.37. The fourth-order valence-corrected chi connectivity index (χ4v) is 12.2. The second-order valence-corrected chi connectivity index (χ2v) is 14.8. The highest BCUT2D eigenvalue weighted by Gasteiger charge is 2.50. The number of amides is 2. The van der Waals surface area contributed by atoms with Crippen molar-refractivity contribution in [3.63, 3.8) is 0 Å². The summed E-state index contributed by atoms with van der Waals surface area (Å²) in [6.07, 6.45) is 0. The lowest BCUT2D eigenvalue weighted by molar-refractivity contribution is 0.0926. The van der Waals surface area contributed by atoms with Crippen LogP contribution in [0, 0.1) is 6.92 Å². The van der Waals surface area contributed by atoms with Crippen LogP contribution in [-0.2, 0) is 0 Å². The number of para-hydroxylation sites is 3. The van der Waals surface area contributed by atoms with Gasteiger partial charge in [-0.3, -0.25) is 9.59 Å². The molecule has 0 unspecified atom stereocenters. The first-order valence-corrected chi connectivity index (χ1v) is 16.7. The van der Waals surface area contributed by atoms with Crippen LogP contribution in [0.4, 0.5) is 5.69 Å². The lowest BCUT2D eigenvalue weighted by Crippen LogP contribution is -2.73. The van der Waals surface area contributed by atoms with Crippen molar-refractivity contribution in [2.45, 2.75) is 6.92 Å². The summed E-state index contributed by atoms with van der Waals surface area (Å²) in [5.41, 5.74) is 4.55. The number of nitrogens with zero attached hydrogens (tertiary/aromatic N) is 2. The number of rotatable bonds is 5. The fraction of sp³-hybridized carbons (Fsp3) is 0.0256. The molecule has 0 radical (unpaired) electrons. The van der Waals surface area contributed by atoms with Crippen LogP contribution in [0.1, 0.15) is 26.3 Å². The van der Waals surface area contributed by atoms with E-state index in [1.54, 1.807) is 0 Å². The smallest absolute Gasteiger partial charge is 0.266 e. The molecule has 0 saturated carbocycles. The van der Waals surface area contributed by atoms with Gasteiger partial charge in [-0.2, -0.15) is 0 Å². The Balaban J connectivity index is 1.58. The molecule has 2 amide bonds. The Morgan fingerprint density at radius 2 is 0.932 bits per heavy atom. The summed E-state index contributed by atoms with van der Waals surface area (Å²) in [5.74, 6) is -0.554. The molecule has 6 aromatic carbocycles. The van der Waals surface area contributed by atoms with E-state index < -0.39 is 8.24 Å². The molecule has 0 spiro atoms. The number of fused-ring (bicyclic) bond motifs is 4. The first-order chi connectivity index (χ1) is 21.6. The number of aromatic nitrogens is 1. The van der Waals surface area contributed by atoms with Gasteiger partial charge in [-0.15, -0.1) is 0 Å². The molecule has 0 fully saturated rings. The molecular formula is C39H28N2O2Si. The number of carbonyl (C=O) groups is 2. The molecule has 8 rings (SSSR count). The van der Waals surface area contributed by atoms with Crippen LogP contribution in [-0.4, -0.2) is 24.3 Å². The highest BCUT2D eigenvalue weighted by molar-refractivity contribution is 7.11. The van der Waals surface area contributed by atoms with Crippen LogP contribution in [0.5, 0.6) is 0 Å². The fourth-order valence-electron chi connectivity index (χ4n) is 7.13. The van der Waals surface area contributed by atoms with Crippen LogP contribution in [0.2, 0.25) is 0 Å². The zero-order chi connectivity index (χ0) is 29.8. The molecule has 0 atom stereocenters. The van der Waals surface area contributed by atoms with E-state index in [-0.39, 0.29) is 11.8 Å². The summed E-state index contributed by atoms with van der Waals surface area (Å²) >= 11 is 0. The van der Waals surface area contributed by atoms with Gasteiger partial charge in [-0.05, 0) is 52.3 Å². The van der Waals surface area contributed by atoms with Gasteiger partial charge in [-0.1, -0.05) is 127 Å². The summed E-state index contributed by atoms with van der Waals surface area (Å²) in [5, 5.41) is 5.47. The molecule has 1 aliphatic heterocycles. The van der Waals surface area contributed by atoms with Gasteiger partial charge in [0.25, 0.3) is 20.0 Å². The number of hydrogen-bond acceptors (Lipinski definition) is 2. The Morgan fingerprint density at radius 3 is 1.48 bits per heavy atom. The second-order valence-electron chi connectivity index (χ2n) is 11.3. The van der Waals surface area contributed by atoms with Gasteiger partial charge in [0.2, 0.25) is 0 Å². The third-order valence-corrected chi connectivity index (χ3v) is 13.6. The molecule has 0 bridgehead atoms. The van der Waals surface area contributed by atoms with E-state index in [0.717, 1.165) is 42.9 Å². The minimum atomic E-state index is -3.34. The number of benzene rings is 6. The number of aryl methyl sites for hydroxylation is 1. The lowest BCUT2D eigenvalue weighted by atomic mass is 10.0. The van der Waals surface area contributed by atoms with E-state index in [0.29, 0.717) is 16.8 Å². The standard InChI is InChI=1S/C39H28N2O2Si/c1-27-25-26-35(37-36(27)38(42)40(39(37)43)28-15-5-2-6-16-28)44(29-17-7-3-8-18-29,30-19-9-4-10-20-30)41-33-23-13-11-21-31(33)32-22-12-14-24-34(32)41/h2-26H,1H3. The van der Waals surface area contributed by atoms with Crippen molar-refractivity contribution in [3.05, 3.63) is 168 Å². The topological polar surface area (TPSA) is 42.3 Å². The van der Waals surface area contributed by atoms with Crippen molar-refractivity contribution < 1.29 is 9.59 Å². The third-order valence-electron chi connectivity index (χ3n) is 8.95. The molecule has 1 aliphatic rings. The van der Waals surface area contributed by atoms with E-state index in [9.17, 15) is 9.59 Å². The molecule has 0 aliphatic carbocycles. The van der Waals surface area contributed by atoms with E-state index in [2.05, 4.69) is 107 Å². The zero-order valence-corrected chi connectivity index (χ0v) is 25.1. The Hall–Kier alpha value is -5.52. The molecular weight excluding hydrogens is 557 g/mol. The SMILES string of the molecule is Cc1ccc([Si](c2ccccc2)(c2ccccc2)n2c3ccccc3c3ccccc32)c2c1C(=O)N(c1ccccc1)C2=O. The molecule has 7 aromatic rings. The summed E-state index contributed by atoms with van der Waals surface area (Å²) in [6.45, 7) is 1.93. The van der Waals surface area contributed by atoms with Gasteiger partial charge < -0.3 is 4.23 Å². The molecule has 4 nitrogen and oxygen atoms in total. The van der Waals surface area contributed by atoms with Gasteiger partial charge in [0, 0.05) is 21.8 Å². The molecule has 1 aromatic heterocycles. The summed E-state index contributed by atoms with van der Waals surface area (Å²) in [7, 11) is -3.34. The van der Waals surface area contributed by atoms with Crippen LogP contribution >= 0.6 is 0 Å². The minimum absolute atomic E-state index is 0.276. The van der Waals surface area contributed by atoms with E-state index >= 15 is 0 Å². The van der Waals surface area contributed by atoms with Crippen molar-refractivity contribution in [1.29, 1.82) is 0 Å². The molecule has 2 heterocycles. The molecule has 44 heavy (non-hydrogen) atoms. The second kappa shape index (κ2) is 10.0. The first-order valence-electron chi connectivity index (χ1n) is 14.8. The van der Waals surface area contributed by atoms with Crippen molar-refractivity contribution >= 4 is 63.1 Å². The van der Waals surface area contributed by atoms with E-state index in [1.165, 1.54) is 4.90 Å². The van der Waals surface area contributed by atoms with Crippen molar-refractivity contribution in [1.82, 2.24) is 4.23 Å². The summed E-state index contributed by atoms with van der Waals surface area (Å²) in [4.78, 5) is 30.3. The third kappa shape index (κ3) is 3.57. The maximum absolute atomic E-state index is 14.7. The average Bonchev–Trinajstić information content (AvgIpc) is 3.55. The number of anilines is 1. The summed E-state index contributed by atoms with van der Waals surface area (Å²) in [6, 6.07) is 51.5. The van der Waals surface area contributed by atoms with Crippen LogP contribution in [0.25, 0.3) is 21.8 Å². The molecule has 5 heteroatoms. The van der Waals surface area contributed by atoms with E-state index in [1.807, 2.05) is 55.5 Å². The number of hydrogen-bond donors (Lipinski definition) is 0. The van der Waals surface area contributed by atoms with Crippen molar-refractivity contribution in [2.24, 2.45) is 0 Å². The Labute approximate surface area is 256 Å². The Bertz CT molecular complexity index is 2130. The normalized spacial score (nSPS) is 13.2. The predicted molar refractivity (Wildman–Crippen MR) is 181 cm³/mol. The minimum Gasteiger partial charge on any atom is -0.355 e. The highest BCUT2D eigenvalue weighted by Crippen LogP contribution is 2.35. The molecule has 210 valence electrons. The molecule has 0 N–H and O–H groups in total. The first kappa shape index (κ1) is 26.1. The quantitative estimate of drug-likeness (QED) is 0.133. The van der Waals surface area contributed by atoms with Crippen LogP contribution in [0.3, 0.4) is 0 Å². The predicted octanol–water partition coefficient (Wildman–Crippen LogP) is 6.42. The van der Waals surface area contributed by atoms with Crippen LogP contribution in [0.15, 0.2) is 152 Å². The maximum Gasteiger partial charge on any atom is 0.266 e. The number of imide groups is 1. The molecule has 0 saturated heterocycles. The van der Waals surface area contributed by atoms with Gasteiger partial charge >= 0.3 is 0 Å². The summed E-state index contributed by atoms with van der Waals surface area (Å²) < 4.78 is 2.51. The monoisotopic (exact) mass is 584 g/mol. The zero-order valence-electron chi connectivity index (χ0n) is 24.1. The maximum atomic E-state index is 14.7. The van der Waals surface area contributed by atoms with Crippen molar-refractivity contribution in [2.75, 3.05) is 4.90 Å². The van der Waals surface area contributed by atoms with Gasteiger partial charge in [0.15, 0.2) is 0 Å². The number of carbonyl (C=O) groups excluding carboxylic acids is 2. The van der Waals surface area contributed by atoms with Gasteiger partial charge in [-0.25, -0.2) is 4.90 Å². The van der Waals surface area contributed by atoms with Gasteiger partial charge in [0.05, 0.1) is 16.8 Å². The van der Waals surface area contributed by atoms with Crippen LogP contribution < -0.4 is 20.5 Å². The largest absolute Gasteiger partial charge is 0.355 e. The highest BCUT2D eigenvalue weighted by atomic mass is 28.3. The van der Waals surface area contributed by atoms with E-state index in [4.69, 9.17) is 0 Å². The van der Waals surface area contributed by atoms with Gasteiger partial charge in [0.1, 0.15) is 0 Å². The van der Waals surface area contributed by atoms with Crippen molar-refractivity contribution in [3.8, 4) is 0 Å². The Morgan fingerprint density at radius 1 is 0.477 bits per heavy atom. The Kier molecular flexibility index (Phi) is 5.96.